The first-order valence-electron chi connectivity index (χ1n) is 17.6. The summed E-state index contributed by atoms with van der Waals surface area (Å²) in [5.41, 5.74) is 13.7. The lowest BCUT2D eigenvalue weighted by Crippen LogP contribution is -1.94. The molecule has 10 aromatic rings. The summed E-state index contributed by atoms with van der Waals surface area (Å²) in [5.74, 6) is 0. The Morgan fingerprint density at radius 3 is 1.88 bits per heavy atom. The third-order valence-corrected chi connectivity index (χ3v) is 11.1. The fourth-order valence-corrected chi connectivity index (χ4v) is 8.82. The maximum Gasteiger partial charge on any atom is 0.135 e. The van der Waals surface area contributed by atoms with Crippen molar-refractivity contribution in [3.8, 4) is 5.69 Å². The van der Waals surface area contributed by atoms with Gasteiger partial charge in [0, 0.05) is 47.4 Å². The lowest BCUT2D eigenvalue weighted by Gasteiger charge is -2.09. The van der Waals surface area contributed by atoms with Gasteiger partial charge in [-0.15, -0.1) is 11.3 Å². The van der Waals surface area contributed by atoms with E-state index in [1.807, 2.05) is 29.5 Å². The van der Waals surface area contributed by atoms with Crippen LogP contribution in [0.5, 0.6) is 0 Å². The summed E-state index contributed by atoms with van der Waals surface area (Å²) in [6.45, 7) is 13.0. The summed E-state index contributed by atoms with van der Waals surface area (Å²) in [6, 6.07) is 49.5. The first-order chi connectivity index (χ1) is 24.8. The number of furan rings is 1. The fraction of sp³-hybridized carbons (Fsp3) is 0.125. The van der Waals surface area contributed by atoms with Crippen LogP contribution >= 0.6 is 11.3 Å². The second-order valence-electron chi connectivity index (χ2n) is 13.7. The molecule has 3 heterocycles. The third-order valence-electron chi connectivity index (χ3n) is 9.96. The molecule has 250 valence electrons. The average molecular weight is 680 g/mol. The number of nitrogens with zero attached hydrogens (tertiary/aromatic N) is 1. The Balaban J connectivity index is 0.000000112. The van der Waals surface area contributed by atoms with Crippen molar-refractivity contribution in [2.75, 3.05) is 0 Å². The molecular formula is C48H41NOS. The Bertz CT molecular complexity index is 2860. The van der Waals surface area contributed by atoms with Gasteiger partial charge in [0.25, 0.3) is 0 Å². The highest BCUT2D eigenvalue weighted by Crippen LogP contribution is 2.37. The summed E-state index contributed by atoms with van der Waals surface area (Å²) >= 11 is 1.89. The normalized spacial score (nSPS) is 11.3. The smallest absolute Gasteiger partial charge is 0.135 e. The SMILES string of the molecule is Cc1ccc2c(c1)sc1cccc(C)c12.Cc1ccc2oc3cccc(C)c3c2c1.Cc1cccc2c1c1cccc(C)c1n2-c1ccccc1. The van der Waals surface area contributed by atoms with Crippen molar-refractivity contribution < 1.29 is 4.42 Å². The number of rotatable bonds is 1. The van der Waals surface area contributed by atoms with Crippen LogP contribution < -0.4 is 0 Å². The molecule has 0 spiro atoms. The summed E-state index contributed by atoms with van der Waals surface area (Å²) in [6.07, 6.45) is 0. The number of para-hydroxylation sites is 2. The zero-order chi connectivity index (χ0) is 35.2. The molecule has 10 rings (SSSR count). The standard InChI is InChI=1S/C20H17N.C14H12O.C14H12S/c1-14-8-7-13-18-19(14)17-12-6-9-15(2)20(17)21(18)16-10-4-3-5-11-16;1-9-6-7-12-11(8-9)14-10(2)4-3-5-13(14)15-12;1-9-6-7-11-13(8-9)15-12-5-3-4-10(2)14(11)12/h3-13H,1-2H3;2*3-8H,1-2H3. The van der Waals surface area contributed by atoms with Crippen molar-refractivity contribution >= 4 is 75.3 Å². The van der Waals surface area contributed by atoms with E-state index in [0.29, 0.717) is 0 Å². The average Bonchev–Trinajstić information content (AvgIpc) is 3.80. The van der Waals surface area contributed by atoms with Gasteiger partial charge in [0.1, 0.15) is 11.2 Å². The summed E-state index contributed by atoms with van der Waals surface area (Å²) in [4.78, 5) is 0. The summed E-state index contributed by atoms with van der Waals surface area (Å²) in [5, 5.41) is 8.00. The van der Waals surface area contributed by atoms with Gasteiger partial charge in [0.15, 0.2) is 0 Å². The second-order valence-corrected chi connectivity index (χ2v) is 14.8. The van der Waals surface area contributed by atoms with Crippen LogP contribution in [0.3, 0.4) is 0 Å². The molecule has 0 fully saturated rings. The Morgan fingerprint density at radius 1 is 0.431 bits per heavy atom. The molecule has 0 unspecified atom stereocenters. The topological polar surface area (TPSA) is 18.1 Å². The van der Waals surface area contributed by atoms with Crippen LogP contribution in [0.2, 0.25) is 0 Å². The highest BCUT2D eigenvalue weighted by molar-refractivity contribution is 7.25. The van der Waals surface area contributed by atoms with Crippen LogP contribution in [0, 0.1) is 41.5 Å². The molecule has 51 heavy (non-hydrogen) atoms. The van der Waals surface area contributed by atoms with Crippen LogP contribution in [0.25, 0.3) is 69.6 Å². The van der Waals surface area contributed by atoms with Gasteiger partial charge in [-0.25, -0.2) is 0 Å². The zero-order valence-corrected chi connectivity index (χ0v) is 30.9. The van der Waals surface area contributed by atoms with Crippen LogP contribution in [0.1, 0.15) is 33.4 Å². The van der Waals surface area contributed by atoms with Gasteiger partial charge < -0.3 is 8.98 Å². The van der Waals surface area contributed by atoms with E-state index in [-0.39, 0.29) is 0 Å². The van der Waals surface area contributed by atoms with Crippen molar-refractivity contribution in [1.29, 1.82) is 0 Å². The van der Waals surface area contributed by atoms with Gasteiger partial charge in [0.05, 0.1) is 11.0 Å². The minimum absolute atomic E-state index is 0.977. The largest absolute Gasteiger partial charge is 0.456 e. The van der Waals surface area contributed by atoms with Crippen molar-refractivity contribution in [3.05, 3.63) is 173 Å². The zero-order valence-electron chi connectivity index (χ0n) is 30.0. The summed E-state index contributed by atoms with van der Waals surface area (Å²) < 4.78 is 11.0. The van der Waals surface area contributed by atoms with E-state index < -0.39 is 0 Å². The monoisotopic (exact) mass is 679 g/mol. The number of hydrogen-bond acceptors (Lipinski definition) is 2. The predicted molar refractivity (Wildman–Crippen MR) is 222 cm³/mol. The quantitative estimate of drug-likeness (QED) is 0.169. The maximum absolute atomic E-state index is 5.79. The molecule has 0 N–H and O–H groups in total. The Labute approximate surface area is 303 Å². The molecule has 0 aliphatic rings. The molecule has 0 bridgehead atoms. The van der Waals surface area contributed by atoms with Gasteiger partial charge in [0.2, 0.25) is 0 Å². The highest BCUT2D eigenvalue weighted by Gasteiger charge is 2.15. The van der Waals surface area contributed by atoms with Crippen molar-refractivity contribution in [3.63, 3.8) is 0 Å². The fourth-order valence-electron chi connectivity index (χ4n) is 7.54. The number of benzene rings is 7. The lowest BCUT2D eigenvalue weighted by atomic mass is 10.1. The van der Waals surface area contributed by atoms with E-state index in [9.17, 15) is 0 Å². The molecule has 0 atom stereocenters. The van der Waals surface area contributed by atoms with Gasteiger partial charge in [-0.3, -0.25) is 0 Å². The van der Waals surface area contributed by atoms with Gasteiger partial charge in [-0.2, -0.15) is 0 Å². The van der Waals surface area contributed by atoms with E-state index in [1.54, 1.807) is 0 Å². The second kappa shape index (κ2) is 13.2. The number of thiophene rings is 1. The van der Waals surface area contributed by atoms with E-state index >= 15 is 0 Å². The Hall–Kier alpha value is -5.64. The molecule has 0 saturated carbocycles. The number of aromatic nitrogens is 1. The summed E-state index contributed by atoms with van der Waals surface area (Å²) in [7, 11) is 0. The first-order valence-corrected chi connectivity index (χ1v) is 18.4. The van der Waals surface area contributed by atoms with Crippen LogP contribution in [0.15, 0.2) is 144 Å². The van der Waals surface area contributed by atoms with E-state index in [2.05, 4.69) is 167 Å². The van der Waals surface area contributed by atoms with E-state index in [1.165, 1.54) is 91.8 Å². The molecule has 7 aromatic carbocycles. The molecule has 0 radical (unpaired) electrons. The number of fused-ring (bicyclic) bond motifs is 9. The van der Waals surface area contributed by atoms with Crippen molar-refractivity contribution in [2.24, 2.45) is 0 Å². The minimum Gasteiger partial charge on any atom is -0.456 e. The van der Waals surface area contributed by atoms with Crippen LogP contribution in [-0.4, -0.2) is 4.57 Å². The van der Waals surface area contributed by atoms with E-state index in [0.717, 1.165) is 11.2 Å². The Morgan fingerprint density at radius 2 is 1.08 bits per heavy atom. The van der Waals surface area contributed by atoms with Crippen LogP contribution in [-0.2, 0) is 0 Å². The Kier molecular flexibility index (Phi) is 8.45. The predicted octanol–water partition coefficient (Wildman–Crippen LogP) is 14.3. The molecule has 2 nitrogen and oxygen atoms in total. The molecule has 3 heteroatoms. The molecule has 0 amide bonds. The molecule has 3 aromatic heterocycles. The molecular weight excluding hydrogens is 639 g/mol. The van der Waals surface area contributed by atoms with Gasteiger partial charge in [-0.05, 0) is 118 Å². The molecule has 0 saturated heterocycles. The van der Waals surface area contributed by atoms with Crippen molar-refractivity contribution in [2.45, 2.75) is 41.5 Å². The lowest BCUT2D eigenvalue weighted by molar-refractivity contribution is 0.668. The first kappa shape index (κ1) is 32.6. The third kappa shape index (κ3) is 5.88. The minimum atomic E-state index is 0.977. The van der Waals surface area contributed by atoms with E-state index in [4.69, 9.17) is 4.42 Å². The van der Waals surface area contributed by atoms with Crippen molar-refractivity contribution in [1.82, 2.24) is 4.57 Å². The molecule has 0 aliphatic carbocycles. The van der Waals surface area contributed by atoms with Gasteiger partial charge >= 0.3 is 0 Å². The number of hydrogen-bond donors (Lipinski definition) is 0. The molecule has 0 aliphatic heterocycles. The highest BCUT2D eigenvalue weighted by atomic mass is 32.1. The van der Waals surface area contributed by atoms with Crippen LogP contribution in [0.4, 0.5) is 0 Å². The number of aryl methyl sites for hydroxylation is 6. The maximum atomic E-state index is 5.79. The van der Waals surface area contributed by atoms with Gasteiger partial charge in [-0.1, -0.05) is 96.6 Å².